The first kappa shape index (κ1) is 22.8. The Morgan fingerprint density at radius 3 is 2.23 bits per heavy atom. The third-order valence-corrected chi connectivity index (χ3v) is 6.41. The third-order valence-electron chi connectivity index (χ3n) is 5.59. The molecule has 0 aliphatic heterocycles. The topological polar surface area (TPSA) is 82.3 Å². The zero-order valence-corrected chi connectivity index (χ0v) is 19.8. The van der Waals surface area contributed by atoms with Gasteiger partial charge in [0.05, 0.1) is 28.4 Å². The SMILES string of the molecule is COc1nc(-c2cccc(-c3cccc(-c4cnc5oc(C=O)cc5c4)c3Cl)c2Cl)ccc1C=O. The Hall–Kier alpha value is -4.00. The van der Waals surface area contributed by atoms with Crippen LogP contribution in [-0.4, -0.2) is 29.7 Å². The van der Waals surface area contributed by atoms with Gasteiger partial charge in [0.1, 0.15) is 0 Å². The fraction of sp³-hybridized carbons (Fsp3) is 0.0370. The quantitative estimate of drug-likeness (QED) is 0.229. The minimum atomic E-state index is 0.208. The number of benzene rings is 2. The highest BCUT2D eigenvalue weighted by molar-refractivity contribution is 6.39. The minimum Gasteiger partial charge on any atom is -0.480 e. The number of hydrogen-bond acceptors (Lipinski definition) is 6. The smallest absolute Gasteiger partial charge is 0.226 e. The van der Waals surface area contributed by atoms with E-state index in [-0.39, 0.29) is 11.6 Å². The number of furan rings is 1. The van der Waals surface area contributed by atoms with Crippen LogP contribution in [0.2, 0.25) is 10.0 Å². The number of carbonyl (C=O) groups excluding carboxylic acids is 2. The lowest BCUT2D eigenvalue weighted by Gasteiger charge is -2.14. The van der Waals surface area contributed by atoms with E-state index in [0.29, 0.717) is 50.5 Å². The van der Waals surface area contributed by atoms with E-state index in [2.05, 4.69) is 9.97 Å². The molecule has 0 amide bonds. The average Bonchev–Trinajstić information content (AvgIpc) is 3.31. The molecule has 2 aromatic carbocycles. The average molecular weight is 503 g/mol. The Balaban J connectivity index is 1.61. The second-order valence-electron chi connectivity index (χ2n) is 7.63. The normalized spacial score (nSPS) is 10.9. The van der Waals surface area contributed by atoms with Crippen molar-refractivity contribution in [2.45, 2.75) is 0 Å². The molecule has 0 aliphatic carbocycles. The molecule has 0 saturated carbocycles. The van der Waals surface area contributed by atoms with Crippen molar-refractivity contribution in [2.75, 3.05) is 7.11 Å². The standard InChI is InChI=1S/C27H16Cl2N2O4/c1-34-27-15(13-32)8-9-23(31-27)22-7-3-6-21(25(22)29)20-5-2-4-19(24(20)28)17-10-16-11-18(14-33)35-26(16)30-12-17/h2-14H,1H3. The van der Waals surface area contributed by atoms with Gasteiger partial charge in [-0.15, -0.1) is 0 Å². The number of carbonyl (C=O) groups is 2. The molecule has 3 heterocycles. The van der Waals surface area contributed by atoms with E-state index in [9.17, 15) is 9.59 Å². The number of fused-ring (bicyclic) bond motifs is 1. The summed E-state index contributed by atoms with van der Waals surface area (Å²) < 4.78 is 10.6. The van der Waals surface area contributed by atoms with Crippen molar-refractivity contribution in [3.8, 4) is 39.4 Å². The Kier molecular flexibility index (Phi) is 6.07. The number of ether oxygens (including phenoxy) is 1. The van der Waals surface area contributed by atoms with E-state index in [1.165, 1.54) is 7.11 Å². The summed E-state index contributed by atoms with van der Waals surface area (Å²) in [5.74, 6) is 0.429. The molecule has 0 aliphatic rings. The Labute approximate surface area is 210 Å². The summed E-state index contributed by atoms with van der Waals surface area (Å²) in [6.45, 7) is 0. The molecule has 0 spiro atoms. The number of aromatic nitrogens is 2. The van der Waals surface area contributed by atoms with Gasteiger partial charge in [0.15, 0.2) is 18.3 Å². The molecule has 3 aromatic heterocycles. The molecule has 0 bridgehead atoms. The van der Waals surface area contributed by atoms with Crippen molar-refractivity contribution in [3.63, 3.8) is 0 Å². The molecular weight excluding hydrogens is 487 g/mol. The number of nitrogens with zero attached hydrogens (tertiary/aromatic N) is 2. The number of hydrogen-bond donors (Lipinski definition) is 0. The van der Waals surface area contributed by atoms with Gasteiger partial charge in [-0.25, -0.2) is 9.97 Å². The van der Waals surface area contributed by atoms with E-state index < -0.39 is 0 Å². The fourth-order valence-electron chi connectivity index (χ4n) is 3.91. The van der Waals surface area contributed by atoms with Crippen LogP contribution in [0.3, 0.4) is 0 Å². The van der Waals surface area contributed by atoms with Crippen molar-refractivity contribution in [1.82, 2.24) is 9.97 Å². The minimum absolute atomic E-state index is 0.208. The van der Waals surface area contributed by atoms with Crippen LogP contribution < -0.4 is 4.74 Å². The van der Waals surface area contributed by atoms with Gasteiger partial charge in [-0.05, 0) is 24.3 Å². The first-order chi connectivity index (χ1) is 17.0. The maximum atomic E-state index is 11.2. The maximum absolute atomic E-state index is 11.2. The van der Waals surface area contributed by atoms with E-state index in [1.807, 2.05) is 42.5 Å². The Morgan fingerprint density at radius 1 is 0.857 bits per heavy atom. The summed E-state index contributed by atoms with van der Waals surface area (Å²) in [6, 6.07) is 18.1. The van der Waals surface area contributed by atoms with Gasteiger partial charge >= 0.3 is 0 Å². The highest BCUT2D eigenvalue weighted by Gasteiger charge is 2.17. The Morgan fingerprint density at radius 2 is 1.54 bits per heavy atom. The third kappa shape index (κ3) is 4.07. The van der Waals surface area contributed by atoms with Crippen LogP contribution in [0, 0.1) is 0 Å². The van der Waals surface area contributed by atoms with Crippen LogP contribution in [0.1, 0.15) is 20.9 Å². The van der Waals surface area contributed by atoms with Crippen LogP contribution >= 0.6 is 23.2 Å². The summed E-state index contributed by atoms with van der Waals surface area (Å²) >= 11 is 13.7. The molecule has 5 rings (SSSR count). The van der Waals surface area contributed by atoms with Crippen molar-refractivity contribution in [2.24, 2.45) is 0 Å². The van der Waals surface area contributed by atoms with Crippen LogP contribution in [0.25, 0.3) is 44.6 Å². The largest absolute Gasteiger partial charge is 0.480 e. The lowest BCUT2D eigenvalue weighted by atomic mass is 9.97. The molecule has 172 valence electrons. The fourth-order valence-corrected chi connectivity index (χ4v) is 4.57. The molecule has 35 heavy (non-hydrogen) atoms. The van der Waals surface area contributed by atoms with Crippen molar-refractivity contribution in [3.05, 3.63) is 88.2 Å². The molecular formula is C27H16Cl2N2O4. The second-order valence-corrected chi connectivity index (χ2v) is 8.39. The van der Waals surface area contributed by atoms with Crippen LogP contribution in [0.4, 0.5) is 0 Å². The van der Waals surface area contributed by atoms with Crippen LogP contribution in [-0.2, 0) is 0 Å². The van der Waals surface area contributed by atoms with Gasteiger partial charge in [-0.2, -0.15) is 0 Å². The van der Waals surface area contributed by atoms with Gasteiger partial charge < -0.3 is 9.15 Å². The molecule has 6 nitrogen and oxygen atoms in total. The predicted octanol–water partition coefficient (Wildman–Crippen LogP) is 7.16. The molecule has 0 fully saturated rings. The predicted molar refractivity (Wildman–Crippen MR) is 135 cm³/mol. The summed E-state index contributed by atoms with van der Waals surface area (Å²) in [6.07, 6.45) is 2.98. The number of rotatable bonds is 6. The molecule has 8 heteroatoms. The van der Waals surface area contributed by atoms with Gasteiger partial charge in [0, 0.05) is 39.4 Å². The first-order valence-corrected chi connectivity index (χ1v) is 11.2. The van der Waals surface area contributed by atoms with Gasteiger partial charge in [0.2, 0.25) is 11.6 Å². The van der Waals surface area contributed by atoms with Gasteiger partial charge in [-0.3, -0.25) is 9.59 Å². The highest BCUT2D eigenvalue weighted by Crippen LogP contribution is 2.42. The van der Waals surface area contributed by atoms with Gasteiger partial charge in [0.25, 0.3) is 0 Å². The van der Waals surface area contributed by atoms with Crippen LogP contribution in [0.15, 0.2) is 71.3 Å². The molecule has 0 radical (unpaired) electrons. The summed E-state index contributed by atoms with van der Waals surface area (Å²) in [4.78, 5) is 31.0. The molecule has 0 atom stereocenters. The molecule has 5 aromatic rings. The zero-order chi connectivity index (χ0) is 24.5. The highest BCUT2D eigenvalue weighted by atomic mass is 35.5. The molecule has 0 saturated heterocycles. The molecule has 0 N–H and O–H groups in total. The lowest BCUT2D eigenvalue weighted by molar-refractivity contribution is 0.109. The van der Waals surface area contributed by atoms with Gasteiger partial charge in [-0.1, -0.05) is 59.6 Å². The van der Waals surface area contributed by atoms with Crippen molar-refractivity contribution >= 4 is 46.9 Å². The Bertz CT molecular complexity index is 1610. The summed E-state index contributed by atoms with van der Waals surface area (Å²) in [5, 5.41) is 1.65. The summed E-state index contributed by atoms with van der Waals surface area (Å²) in [5.41, 5.74) is 4.93. The maximum Gasteiger partial charge on any atom is 0.226 e. The first-order valence-electron chi connectivity index (χ1n) is 10.5. The van der Waals surface area contributed by atoms with E-state index in [0.717, 1.165) is 22.3 Å². The van der Waals surface area contributed by atoms with Crippen LogP contribution in [0.5, 0.6) is 5.88 Å². The lowest BCUT2D eigenvalue weighted by Crippen LogP contribution is -1.96. The molecule has 0 unspecified atom stereocenters. The van der Waals surface area contributed by atoms with Crippen molar-refractivity contribution in [1.29, 1.82) is 0 Å². The van der Waals surface area contributed by atoms with Crippen molar-refractivity contribution < 1.29 is 18.7 Å². The number of methoxy groups -OCH3 is 1. The van der Waals surface area contributed by atoms with E-state index in [1.54, 1.807) is 24.4 Å². The number of halogens is 2. The number of aldehydes is 2. The second kappa shape index (κ2) is 9.33. The monoisotopic (exact) mass is 502 g/mol. The number of pyridine rings is 2. The summed E-state index contributed by atoms with van der Waals surface area (Å²) in [7, 11) is 1.46. The van der Waals surface area contributed by atoms with E-state index in [4.69, 9.17) is 32.4 Å². The van der Waals surface area contributed by atoms with E-state index >= 15 is 0 Å². The zero-order valence-electron chi connectivity index (χ0n) is 18.3.